The number of hydrogen-bond donors (Lipinski definition) is 2. The molecule has 3 unspecified atom stereocenters. The molecule has 0 spiro atoms. The largest absolute Gasteiger partial charge is 0.494 e. The van der Waals surface area contributed by atoms with E-state index in [2.05, 4.69) is 78.8 Å². The van der Waals surface area contributed by atoms with Gasteiger partial charge in [-0.25, -0.2) is 0 Å². The number of aromatic nitrogens is 1. The minimum Gasteiger partial charge on any atom is -0.494 e. The molecule has 0 radical (unpaired) electrons. The average molecular weight is 415 g/mol. The normalized spacial score (nSPS) is 23.4. The van der Waals surface area contributed by atoms with Crippen LogP contribution in [0.1, 0.15) is 62.3 Å². The number of ether oxygens (including phenoxy) is 1. The molecular weight excluding hydrogens is 380 g/mol. The van der Waals surface area contributed by atoms with Gasteiger partial charge in [0.25, 0.3) is 0 Å². The molecule has 2 aliphatic rings. The first kappa shape index (κ1) is 20.4. The maximum atomic E-state index is 5.84. The van der Waals surface area contributed by atoms with E-state index in [4.69, 9.17) is 4.74 Å². The van der Waals surface area contributed by atoms with Crippen molar-refractivity contribution in [2.24, 2.45) is 5.92 Å². The van der Waals surface area contributed by atoms with Crippen LogP contribution >= 0.6 is 0 Å². The van der Waals surface area contributed by atoms with Gasteiger partial charge in [0.05, 0.1) is 6.61 Å². The fourth-order valence-electron chi connectivity index (χ4n) is 5.48. The highest BCUT2D eigenvalue weighted by molar-refractivity contribution is 5.85. The van der Waals surface area contributed by atoms with E-state index >= 15 is 0 Å². The molecular formula is C28H34N2O. The molecule has 162 valence electrons. The lowest BCUT2D eigenvalue weighted by molar-refractivity contribution is 0.306. The summed E-state index contributed by atoms with van der Waals surface area (Å²) in [5, 5.41) is 5.23. The van der Waals surface area contributed by atoms with Crippen molar-refractivity contribution in [1.29, 1.82) is 0 Å². The summed E-state index contributed by atoms with van der Waals surface area (Å²) in [7, 11) is 0. The summed E-state index contributed by atoms with van der Waals surface area (Å²) in [4.78, 5) is 3.70. The van der Waals surface area contributed by atoms with Gasteiger partial charge in [-0.3, -0.25) is 0 Å². The first-order chi connectivity index (χ1) is 15.2. The van der Waals surface area contributed by atoms with Gasteiger partial charge >= 0.3 is 0 Å². The van der Waals surface area contributed by atoms with Crippen LogP contribution in [0.2, 0.25) is 0 Å². The molecule has 3 aromatic rings. The van der Waals surface area contributed by atoms with Gasteiger partial charge in [-0.1, -0.05) is 56.7 Å². The van der Waals surface area contributed by atoms with E-state index in [-0.39, 0.29) is 0 Å². The van der Waals surface area contributed by atoms with Gasteiger partial charge < -0.3 is 15.0 Å². The smallest absolute Gasteiger partial charge is 0.119 e. The molecule has 31 heavy (non-hydrogen) atoms. The van der Waals surface area contributed by atoms with Crippen LogP contribution in [-0.2, 0) is 6.42 Å². The Morgan fingerprint density at radius 1 is 1.03 bits per heavy atom. The molecule has 0 saturated heterocycles. The number of unbranched alkanes of at least 4 members (excludes halogenated alkanes) is 1. The highest BCUT2D eigenvalue weighted by atomic mass is 16.5. The maximum absolute atomic E-state index is 5.84. The van der Waals surface area contributed by atoms with E-state index < -0.39 is 0 Å². The number of hydrogen-bond acceptors (Lipinski definition) is 2. The fourth-order valence-corrected chi connectivity index (χ4v) is 5.48. The van der Waals surface area contributed by atoms with Crippen molar-refractivity contribution >= 4 is 16.5 Å². The number of aromatic amines is 1. The molecule has 0 bridgehead atoms. The van der Waals surface area contributed by atoms with E-state index in [1.165, 1.54) is 47.0 Å². The lowest BCUT2D eigenvalue weighted by Gasteiger charge is -2.36. The molecule has 0 amide bonds. The Kier molecular flexibility index (Phi) is 5.87. The number of para-hydroxylation sites is 1. The molecule has 0 saturated carbocycles. The third-order valence-corrected chi connectivity index (χ3v) is 7.19. The number of benzene rings is 2. The van der Waals surface area contributed by atoms with Crippen LogP contribution < -0.4 is 10.1 Å². The van der Waals surface area contributed by atoms with Crippen LogP contribution in [0.15, 0.2) is 54.6 Å². The molecule has 0 fully saturated rings. The van der Waals surface area contributed by atoms with Crippen molar-refractivity contribution in [3.05, 3.63) is 71.4 Å². The molecule has 5 rings (SSSR count). The van der Waals surface area contributed by atoms with Gasteiger partial charge in [0.15, 0.2) is 0 Å². The summed E-state index contributed by atoms with van der Waals surface area (Å²) in [5.74, 6) is 2.23. The molecule has 2 aromatic carbocycles. The van der Waals surface area contributed by atoms with Crippen molar-refractivity contribution in [2.45, 2.75) is 57.9 Å². The van der Waals surface area contributed by atoms with Crippen molar-refractivity contribution < 1.29 is 4.74 Å². The summed E-state index contributed by atoms with van der Waals surface area (Å²) in [6.07, 6.45) is 8.16. The number of H-pyrrole nitrogens is 1. The third kappa shape index (κ3) is 4.16. The SMILES string of the molecule is CCCCOc1ccc(C2=CCNC(C3Cc4c([nH]c5ccccc45)C(C)C3)C2)cc1. The second kappa shape index (κ2) is 8.92. The van der Waals surface area contributed by atoms with E-state index in [1.807, 2.05) is 0 Å². The Hall–Kier alpha value is -2.52. The maximum Gasteiger partial charge on any atom is 0.119 e. The zero-order chi connectivity index (χ0) is 21.2. The van der Waals surface area contributed by atoms with Gasteiger partial charge in [0, 0.05) is 29.2 Å². The molecule has 2 N–H and O–H groups in total. The van der Waals surface area contributed by atoms with Crippen LogP contribution in [0.25, 0.3) is 16.5 Å². The summed E-state index contributed by atoms with van der Waals surface area (Å²) >= 11 is 0. The summed E-state index contributed by atoms with van der Waals surface area (Å²) < 4.78 is 5.84. The highest BCUT2D eigenvalue weighted by Gasteiger charge is 2.33. The Morgan fingerprint density at radius 2 is 1.87 bits per heavy atom. The van der Waals surface area contributed by atoms with Crippen LogP contribution in [0.3, 0.4) is 0 Å². The van der Waals surface area contributed by atoms with Gasteiger partial charge in [0.2, 0.25) is 0 Å². The Bertz CT molecular complexity index is 1060. The summed E-state index contributed by atoms with van der Waals surface area (Å²) in [6, 6.07) is 18.0. The number of nitrogens with one attached hydrogen (secondary N) is 2. The predicted molar refractivity (Wildman–Crippen MR) is 130 cm³/mol. The monoisotopic (exact) mass is 414 g/mol. The fraction of sp³-hybridized carbons (Fsp3) is 0.429. The molecule has 3 heteroatoms. The van der Waals surface area contributed by atoms with Gasteiger partial charge in [-0.15, -0.1) is 0 Å². The van der Waals surface area contributed by atoms with Crippen LogP contribution in [0, 0.1) is 5.92 Å². The van der Waals surface area contributed by atoms with Crippen molar-refractivity contribution in [3.8, 4) is 5.75 Å². The highest BCUT2D eigenvalue weighted by Crippen LogP contribution is 2.41. The van der Waals surface area contributed by atoms with Crippen LogP contribution in [0.4, 0.5) is 0 Å². The Balaban J connectivity index is 1.30. The van der Waals surface area contributed by atoms with Crippen molar-refractivity contribution in [2.75, 3.05) is 13.2 Å². The van der Waals surface area contributed by atoms with Crippen LogP contribution in [-0.4, -0.2) is 24.2 Å². The molecule has 3 atom stereocenters. The molecule has 2 heterocycles. The minimum atomic E-state index is 0.532. The van der Waals surface area contributed by atoms with E-state index in [9.17, 15) is 0 Å². The summed E-state index contributed by atoms with van der Waals surface area (Å²) in [6.45, 7) is 6.34. The molecule has 3 nitrogen and oxygen atoms in total. The quantitative estimate of drug-likeness (QED) is 0.454. The zero-order valence-electron chi connectivity index (χ0n) is 18.8. The lowest BCUT2D eigenvalue weighted by atomic mass is 9.74. The summed E-state index contributed by atoms with van der Waals surface area (Å²) in [5.41, 5.74) is 7.11. The van der Waals surface area contributed by atoms with Crippen molar-refractivity contribution in [3.63, 3.8) is 0 Å². The topological polar surface area (TPSA) is 37.0 Å². The number of fused-ring (bicyclic) bond motifs is 3. The second-order valence-corrected chi connectivity index (χ2v) is 9.34. The van der Waals surface area contributed by atoms with E-state index in [0.29, 0.717) is 17.9 Å². The Labute approximate surface area is 185 Å². The Morgan fingerprint density at radius 3 is 2.71 bits per heavy atom. The molecule has 1 aromatic heterocycles. The molecule has 1 aliphatic heterocycles. The predicted octanol–water partition coefficient (Wildman–Crippen LogP) is 6.46. The van der Waals surface area contributed by atoms with Gasteiger partial charge in [0.1, 0.15) is 5.75 Å². The standard InChI is InChI=1S/C28H34N2O/c1-3-4-15-31-23-11-9-20(10-12-23)21-13-14-29-27(18-21)22-16-19(2)28-25(17-22)24-7-5-6-8-26(24)30-28/h5-13,19,22,27,29-30H,3-4,14-18H2,1-2H3. The second-order valence-electron chi connectivity index (χ2n) is 9.34. The van der Waals surface area contributed by atoms with Gasteiger partial charge in [-0.2, -0.15) is 0 Å². The first-order valence-electron chi connectivity index (χ1n) is 12.0. The first-order valence-corrected chi connectivity index (χ1v) is 12.0. The third-order valence-electron chi connectivity index (χ3n) is 7.19. The van der Waals surface area contributed by atoms with Crippen LogP contribution in [0.5, 0.6) is 5.75 Å². The number of rotatable bonds is 6. The van der Waals surface area contributed by atoms with E-state index in [1.54, 1.807) is 5.56 Å². The van der Waals surface area contributed by atoms with Crippen molar-refractivity contribution in [1.82, 2.24) is 10.3 Å². The minimum absolute atomic E-state index is 0.532. The average Bonchev–Trinajstić information content (AvgIpc) is 3.19. The zero-order valence-corrected chi connectivity index (χ0v) is 18.8. The van der Waals surface area contributed by atoms with Gasteiger partial charge in [-0.05, 0) is 72.4 Å². The lowest BCUT2D eigenvalue weighted by Crippen LogP contribution is -2.41. The molecule has 1 aliphatic carbocycles. The van der Waals surface area contributed by atoms with E-state index in [0.717, 1.165) is 31.7 Å².